The molecule has 1 atom stereocenters. The summed E-state index contributed by atoms with van der Waals surface area (Å²) >= 11 is 0. The highest BCUT2D eigenvalue weighted by Gasteiger charge is 2.44. The van der Waals surface area contributed by atoms with Gasteiger partial charge in [-0.15, -0.1) is 0 Å². The molecular weight excluding hydrogens is 434 g/mol. The van der Waals surface area contributed by atoms with E-state index in [0.29, 0.717) is 11.3 Å². The number of carbonyl (C=O) groups is 4. The van der Waals surface area contributed by atoms with Crippen LogP contribution in [0.15, 0.2) is 79.1 Å². The molecule has 1 saturated heterocycles. The first-order valence-electron chi connectivity index (χ1n) is 10.8. The molecule has 0 saturated carbocycles. The molecule has 4 rings (SSSR count). The Kier molecular flexibility index (Phi) is 6.77. The van der Waals surface area contributed by atoms with Gasteiger partial charge < -0.3 is 9.64 Å². The van der Waals surface area contributed by atoms with E-state index < -0.39 is 23.8 Å². The lowest BCUT2D eigenvalue weighted by molar-refractivity contribution is -0.138. The summed E-state index contributed by atoms with van der Waals surface area (Å²) in [5, 5.41) is 0. The van der Waals surface area contributed by atoms with E-state index in [9.17, 15) is 19.2 Å². The Morgan fingerprint density at radius 2 is 1.71 bits per heavy atom. The molecule has 3 aromatic rings. The van der Waals surface area contributed by atoms with E-state index in [1.54, 1.807) is 18.5 Å². The van der Waals surface area contributed by atoms with Crippen molar-refractivity contribution in [2.75, 3.05) is 12.0 Å². The standard InChI is InChI=1S/C26H23N3O5/c1-34-26(33)20-9-11-21(12-10-20)29-24(31)15-22(25(29)32)28(17-19-8-5-13-27-16-19)23(30)14-18-6-3-2-4-7-18/h2-13,16,22H,14-15,17H2,1H3. The molecule has 1 aliphatic rings. The highest BCUT2D eigenvalue weighted by molar-refractivity contribution is 6.23. The molecule has 1 aliphatic heterocycles. The summed E-state index contributed by atoms with van der Waals surface area (Å²) in [5.41, 5.74) is 2.21. The summed E-state index contributed by atoms with van der Waals surface area (Å²) in [6.07, 6.45) is 3.24. The van der Waals surface area contributed by atoms with Gasteiger partial charge in [-0.2, -0.15) is 0 Å². The van der Waals surface area contributed by atoms with Crippen molar-refractivity contribution in [1.82, 2.24) is 9.88 Å². The highest BCUT2D eigenvalue weighted by Crippen LogP contribution is 2.27. The van der Waals surface area contributed by atoms with Crippen LogP contribution in [0.2, 0.25) is 0 Å². The summed E-state index contributed by atoms with van der Waals surface area (Å²) in [5.74, 6) is -1.67. The lowest BCUT2D eigenvalue weighted by Gasteiger charge is -2.28. The van der Waals surface area contributed by atoms with E-state index in [-0.39, 0.29) is 25.3 Å². The molecule has 8 heteroatoms. The largest absolute Gasteiger partial charge is 0.465 e. The Bertz CT molecular complexity index is 1200. The van der Waals surface area contributed by atoms with E-state index in [0.717, 1.165) is 16.0 Å². The van der Waals surface area contributed by atoms with Crippen LogP contribution >= 0.6 is 0 Å². The molecule has 172 valence electrons. The minimum Gasteiger partial charge on any atom is -0.465 e. The van der Waals surface area contributed by atoms with E-state index >= 15 is 0 Å². The lowest BCUT2D eigenvalue weighted by atomic mass is 10.1. The van der Waals surface area contributed by atoms with Crippen LogP contribution in [0.5, 0.6) is 0 Å². The molecule has 3 amide bonds. The minimum atomic E-state index is -0.941. The number of carbonyl (C=O) groups excluding carboxylic acids is 4. The molecule has 0 spiro atoms. The van der Waals surface area contributed by atoms with E-state index in [1.807, 2.05) is 36.4 Å². The Morgan fingerprint density at radius 1 is 1.00 bits per heavy atom. The summed E-state index contributed by atoms with van der Waals surface area (Å²) in [4.78, 5) is 57.9. The van der Waals surface area contributed by atoms with Gasteiger partial charge in [0.2, 0.25) is 11.8 Å². The third-order valence-electron chi connectivity index (χ3n) is 5.64. The predicted octanol–water partition coefficient (Wildman–Crippen LogP) is 2.77. The maximum atomic E-state index is 13.4. The van der Waals surface area contributed by atoms with Gasteiger partial charge in [-0.3, -0.25) is 19.4 Å². The number of pyridine rings is 1. The number of hydrogen-bond donors (Lipinski definition) is 0. The van der Waals surface area contributed by atoms with Crippen LogP contribution in [0.25, 0.3) is 0 Å². The van der Waals surface area contributed by atoms with Gasteiger partial charge in [-0.25, -0.2) is 9.69 Å². The quantitative estimate of drug-likeness (QED) is 0.400. The zero-order chi connectivity index (χ0) is 24.1. The Balaban J connectivity index is 1.60. The van der Waals surface area contributed by atoms with Crippen LogP contribution in [-0.4, -0.2) is 46.7 Å². The number of ether oxygens (including phenoxy) is 1. The zero-order valence-electron chi connectivity index (χ0n) is 18.6. The molecule has 2 heterocycles. The summed E-state index contributed by atoms with van der Waals surface area (Å²) in [7, 11) is 1.28. The van der Waals surface area contributed by atoms with Gasteiger partial charge in [0.1, 0.15) is 6.04 Å². The summed E-state index contributed by atoms with van der Waals surface area (Å²) < 4.78 is 4.69. The third-order valence-corrected chi connectivity index (χ3v) is 5.64. The fourth-order valence-corrected chi connectivity index (χ4v) is 3.93. The van der Waals surface area contributed by atoms with Gasteiger partial charge in [-0.05, 0) is 41.5 Å². The molecule has 0 N–H and O–H groups in total. The van der Waals surface area contributed by atoms with E-state index in [4.69, 9.17) is 0 Å². The Labute approximate surface area is 196 Å². The van der Waals surface area contributed by atoms with Crippen LogP contribution in [0.1, 0.15) is 27.9 Å². The number of hydrogen-bond acceptors (Lipinski definition) is 6. The number of rotatable bonds is 7. The molecule has 2 aromatic carbocycles. The van der Waals surface area contributed by atoms with Crippen molar-refractivity contribution in [3.05, 3.63) is 95.8 Å². The topological polar surface area (TPSA) is 96.9 Å². The summed E-state index contributed by atoms with van der Waals surface area (Å²) in [6.45, 7) is 0.151. The number of methoxy groups -OCH3 is 1. The lowest BCUT2D eigenvalue weighted by Crippen LogP contribution is -2.45. The minimum absolute atomic E-state index is 0.104. The maximum Gasteiger partial charge on any atom is 0.337 e. The number of anilines is 1. The average Bonchev–Trinajstić information content (AvgIpc) is 3.16. The third kappa shape index (κ3) is 4.85. The number of benzene rings is 2. The van der Waals surface area contributed by atoms with E-state index in [1.165, 1.54) is 36.3 Å². The molecule has 1 fully saturated rings. The monoisotopic (exact) mass is 457 g/mol. The average molecular weight is 457 g/mol. The first-order valence-corrected chi connectivity index (χ1v) is 10.8. The predicted molar refractivity (Wildman–Crippen MR) is 124 cm³/mol. The van der Waals surface area contributed by atoms with Crippen molar-refractivity contribution in [3.63, 3.8) is 0 Å². The smallest absolute Gasteiger partial charge is 0.337 e. The second kappa shape index (κ2) is 10.1. The highest BCUT2D eigenvalue weighted by atomic mass is 16.5. The van der Waals surface area contributed by atoms with Gasteiger partial charge in [0.25, 0.3) is 5.91 Å². The number of imide groups is 1. The molecule has 0 aliphatic carbocycles. The number of amides is 3. The van der Waals surface area contributed by atoms with Crippen LogP contribution in [0.4, 0.5) is 5.69 Å². The second-order valence-corrected chi connectivity index (χ2v) is 7.87. The van der Waals surface area contributed by atoms with Crippen molar-refractivity contribution < 1.29 is 23.9 Å². The van der Waals surface area contributed by atoms with Crippen LogP contribution in [0.3, 0.4) is 0 Å². The Morgan fingerprint density at radius 3 is 2.35 bits per heavy atom. The number of aromatic nitrogens is 1. The first kappa shape index (κ1) is 22.8. The molecule has 34 heavy (non-hydrogen) atoms. The van der Waals surface area contributed by atoms with Crippen molar-refractivity contribution in [1.29, 1.82) is 0 Å². The first-order chi connectivity index (χ1) is 16.5. The summed E-state index contributed by atoms with van der Waals surface area (Å²) in [6, 6.07) is 17.9. The molecule has 1 aromatic heterocycles. The zero-order valence-corrected chi connectivity index (χ0v) is 18.6. The molecule has 0 bridgehead atoms. The van der Waals surface area contributed by atoms with Crippen LogP contribution in [0, 0.1) is 0 Å². The molecule has 1 unspecified atom stereocenters. The fraction of sp³-hybridized carbons (Fsp3) is 0.192. The number of esters is 1. The number of nitrogens with zero attached hydrogens (tertiary/aromatic N) is 3. The van der Waals surface area contributed by atoms with Crippen molar-refractivity contribution in [2.24, 2.45) is 0 Å². The van der Waals surface area contributed by atoms with Gasteiger partial charge in [-0.1, -0.05) is 36.4 Å². The molecule has 8 nitrogen and oxygen atoms in total. The van der Waals surface area contributed by atoms with Gasteiger partial charge in [0.05, 0.1) is 31.2 Å². The van der Waals surface area contributed by atoms with Gasteiger partial charge >= 0.3 is 5.97 Å². The maximum absolute atomic E-state index is 13.4. The van der Waals surface area contributed by atoms with E-state index in [2.05, 4.69) is 9.72 Å². The van der Waals surface area contributed by atoms with Crippen molar-refractivity contribution in [2.45, 2.75) is 25.4 Å². The van der Waals surface area contributed by atoms with Gasteiger partial charge in [0, 0.05) is 18.9 Å². The second-order valence-electron chi connectivity index (χ2n) is 7.87. The fourth-order valence-electron chi connectivity index (χ4n) is 3.93. The molecule has 0 radical (unpaired) electrons. The SMILES string of the molecule is COC(=O)c1ccc(N2C(=O)CC(N(Cc3cccnc3)C(=O)Cc3ccccc3)C2=O)cc1. The van der Waals surface area contributed by atoms with Gasteiger partial charge in [0.15, 0.2) is 0 Å². The van der Waals surface area contributed by atoms with Crippen LogP contribution < -0.4 is 4.90 Å². The normalized spacial score (nSPS) is 15.3. The Hall–Kier alpha value is -4.33. The van der Waals surface area contributed by atoms with Crippen LogP contribution in [-0.2, 0) is 32.1 Å². The van der Waals surface area contributed by atoms with Crippen molar-refractivity contribution in [3.8, 4) is 0 Å². The van der Waals surface area contributed by atoms with Crippen molar-refractivity contribution >= 4 is 29.4 Å². The molecular formula is C26H23N3O5.